The number of carbonyl (C=O) groups excluding carboxylic acids is 1. The molecule has 154 valence electrons. The molecule has 0 atom stereocenters. The lowest BCUT2D eigenvalue weighted by Crippen LogP contribution is -2.32. The molecule has 2 N–H and O–H groups in total. The van der Waals surface area contributed by atoms with Crippen LogP contribution in [0.1, 0.15) is 16.7 Å². The summed E-state index contributed by atoms with van der Waals surface area (Å²) in [5.74, 6) is -0.118. The van der Waals surface area contributed by atoms with E-state index in [1.807, 2.05) is 48.3 Å². The van der Waals surface area contributed by atoms with Gasteiger partial charge in [-0.3, -0.25) is 0 Å². The zero-order valence-corrected chi connectivity index (χ0v) is 17.9. The zero-order valence-electron chi connectivity index (χ0n) is 16.3. The first-order valence-corrected chi connectivity index (χ1v) is 10.8. The molecule has 30 heavy (non-hydrogen) atoms. The lowest BCUT2D eigenvalue weighted by molar-refractivity contribution is -0.149. The smallest absolute Gasteiger partial charge is 0.511 e. The van der Waals surface area contributed by atoms with Gasteiger partial charge in [-0.05, 0) is 22.5 Å². The van der Waals surface area contributed by atoms with Crippen molar-refractivity contribution >= 4 is 27.7 Å². The summed E-state index contributed by atoms with van der Waals surface area (Å²) < 4.78 is 10.5. The number of fused-ring (bicyclic) bond motifs is 3. The number of aliphatic hydroxyl groups is 2. The van der Waals surface area contributed by atoms with Crippen LogP contribution in [0.5, 0.6) is 0 Å². The number of rotatable bonds is 4. The fourth-order valence-electron chi connectivity index (χ4n) is 3.42. The molecule has 5 nitrogen and oxygen atoms in total. The van der Waals surface area contributed by atoms with E-state index in [0.717, 1.165) is 17.4 Å². The van der Waals surface area contributed by atoms with Gasteiger partial charge in [0.25, 0.3) is 5.79 Å². The highest BCUT2D eigenvalue weighted by Crippen LogP contribution is 2.48. The number of benzene rings is 3. The first-order valence-electron chi connectivity index (χ1n) is 9.17. The monoisotopic (exact) mass is 468 g/mol. The fourth-order valence-corrected chi connectivity index (χ4v) is 3.42. The first-order chi connectivity index (χ1) is 14.6. The van der Waals surface area contributed by atoms with Crippen LogP contribution in [0.3, 0.4) is 0 Å². The molecule has 4 rings (SSSR count). The van der Waals surface area contributed by atoms with E-state index in [2.05, 4.69) is 15.9 Å². The van der Waals surface area contributed by atoms with Gasteiger partial charge in [-0.15, -0.1) is 0 Å². The molecular formula is C24H21BrO5. The highest BCUT2D eigenvalue weighted by atomic mass is 79.9. The molecule has 0 unspecified atom stereocenters. The summed E-state index contributed by atoms with van der Waals surface area (Å²) in [7, 11) is 0. The van der Waals surface area contributed by atoms with E-state index >= 15 is 0 Å². The summed E-state index contributed by atoms with van der Waals surface area (Å²) in [5, 5.41) is 20.7. The molecule has 0 aromatic heterocycles. The quantitative estimate of drug-likeness (QED) is 0.224. The number of alkyl halides is 1. The van der Waals surface area contributed by atoms with Crippen molar-refractivity contribution in [1.82, 2.24) is 0 Å². The number of aliphatic hydroxyl groups excluding tert-OH is 1. The van der Waals surface area contributed by atoms with Crippen LogP contribution < -0.4 is 0 Å². The van der Waals surface area contributed by atoms with Crippen LogP contribution in [0, 0.1) is 0 Å². The Morgan fingerprint density at radius 2 is 1.40 bits per heavy atom. The van der Waals surface area contributed by atoms with Crippen LogP contribution in [-0.4, -0.2) is 28.8 Å². The molecule has 1 aliphatic carbocycles. The first kappa shape index (κ1) is 21.6. The normalized spacial score (nSPS) is 13.4. The summed E-state index contributed by atoms with van der Waals surface area (Å²) >= 11 is 2.94. The maximum atomic E-state index is 12.4. The molecule has 0 heterocycles. The van der Waals surface area contributed by atoms with Gasteiger partial charge in [0, 0.05) is 16.7 Å². The van der Waals surface area contributed by atoms with Crippen LogP contribution in [-0.2, 0) is 15.3 Å². The summed E-state index contributed by atoms with van der Waals surface area (Å²) in [4.78, 5) is 12.4. The molecule has 0 radical (unpaired) electrons. The predicted octanol–water partition coefficient (Wildman–Crippen LogP) is 5.62. The Balaban J connectivity index is 0.00000124. The van der Waals surface area contributed by atoms with Crippen molar-refractivity contribution in [2.75, 3.05) is 12.4 Å². The molecule has 0 aliphatic heterocycles. The topological polar surface area (TPSA) is 76.0 Å². The molecule has 1 aliphatic rings. The molecule has 0 saturated heterocycles. The maximum Gasteiger partial charge on any atom is 0.511 e. The third-order valence-electron chi connectivity index (χ3n) is 4.75. The Bertz CT molecular complexity index is 1000. The third kappa shape index (κ3) is 4.10. The number of hydrogen-bond acceptors (Lipinski definition) is 5. The largest absolute Gasteiger partial charge is 0.515 e. The van der Waals surface area contributed by atoms with Gasteiger partial charge in [-0.1, -0.05) is 94.8 Å². The lowest BCUT2D eigenvalue weighted by Gasteiger charge is -2.25. The highest BCUT2D eigenvalue weighted by molar-refractivity contribution is 9.08. The van der Waals surface area contributed by atoms with Gasteiger partial charge >= 0.3 is 6.16 Å². The molecule has 0 saturated carbocycles. The van der Waals surface area contributed by atoms with E-state index in [1.165, 1.54) is 0 Å². The van der Waals surface area contributed by atoms with E-state index in [1.54, 1.807) is 36.4 Å². The van der Waals surface area contributed by atoms with Gasteiger partial charge in [0.05, 0.1) is 6.26 Å². The minimum absolute atomic E-state index is 0.196. The second-order valence-corrected chi connectivity index (χ2v) is 6.40. The number of ether oxygens (including phenoxy) is 2. The Kier molecular flexibility index (Phi) is 6.92. The van der Waals surface area contributed by atoms with E-state index in [9.17, 15) is 15.0 Å². The van der Waals surface area contributed by atoms with Crippen molar-refractivity contribution in [3.63, 3.8) is 0 Å². The molecule has 0 bridgehead atoms. The molecule has 3 aromatic carbocycles. The Morgan fingerprint density at radius 3 is 1.93 bits per heavy atom. The van der Waals surface area contributed by atoms with Gasteiger partial charge in [0.15, 0.2) is 0 Å². The second kappa shape index (κ2) is 9.61. The van der Waals surface area contributed by atoms with E-state index in [0.29, 0.717) is 22.3 Å². The van der Waals surface area contributed by atoms with Crippen LogP contribution in [0.2, 0.25) is 0 Å². The van der Waals surface area contributed by atoms with Gasteiger partial charge in [-0.2, -0.15) is 0 Å². The lowest BCUT2D eigenvalue weighted by atomic mass is 10.0. The van der Waals surface area contributed by atoms with Gasteiger partial charge < -0.3 is 19.7 Å². The Hall–Kier alpha value is -3.09. The zero-order chi connectivity index (χ0) is 21.6. The third-order valence-corrected chi connectivity index (χ3v) is 4.75. The van der Waals surface area contributed by atoms with E-state index < -0.39 is 11.9 Å². The summed E-state index contributed by atoms with van der Waals surface area (Å²) in [6.45, 7) is -0.196. The molecular weight excluding hydrogens is 448 g/mol. The summed E-state index contributed by atoms with van der Waals surface area (Å²) in [5.41, 5.74) is 3.69. The van der Waals surface area contributed by atoms with E-state index in [-0.39, 0.29) is 6.61 Å². The second-order valence-electron chi connectivity index (χ2n) is 6.40. The summed E-state index contributed by atoms with van der Waals surface area (Å²) in [6, 6.07) is 23.5. The molecule has 0 spiro atoms. The molecule has 3 aromatic rings. The van der Waals surface area contributed by atoms with Crippen molar-refractivity contribution in [1.29, 1.82) is 0 Å². The van der Waals surface area contributed by atoms with Crippen LogP contribution in [0.25, 0.3) is 16.7 Å². The van der Waals surface area contributed by atoms with Crippen LogP contribution in [0.15, 0.2) is 85.1 Å². The van der Waals surface area contributed by atoms with Gasteiger partial charge in [0.2, 0.25) is 0 Å². The number of hydrogen-bond donors (Lipinski definition) is 2. The van der Waals surface area contributed by atoms with Crippen molar-refractivity contribution in [3.8, 4) is 11.1 Å². The SMILES string of the molecule is CBr.O=C(OCC(=CO)c1ccccc1)OC1(O)c2ccccc2-c2ccccc21. The van der Waals surface area contributed by atoms with Crippen LogP contribution >= 0.6 is 15.9 Å². The highest BCUT2D eigenvalue weighted by Gasteiger charge is 2.45. The van der Waals surface area contributed by atoms with Crippen molar-refractivity contribution in [2.24, 2.45) is 0 Å². The molecule has 0 fully saturated rings. The summed E-state index contributed by atoms with van der Waals surface area (Å²) in [6.07, 6.45) is -0.151. The van der Waals surface area contributed by atoms with Gasteiger partial charge in [-0.25, -0.2) is 4.79 Å². The minimum Gasteiger partial charge on any atom is -0.515 e. The van der Waals surface area contributed by atoms with Crippen molar-refractivity contribution in [3.05, 3.63) is 102 Å². The Labute approximate surface area is 183 Å². The molecule has 0 amide bonds. The van der Waals surface area contributed by atoms with Crippen LogP contribution in [0.4, 0.5) is 4.79 Å². The predicted molar refractivity (Wildman–Crippen MR) is 119 cm³/mol. The average Bonchev–Trinajstić information content (AvgIpc) is 3.05. The number of carbonyl (C=O) groups is 1. The minimum atomic E-state index is -1.93. The standard InChI is InChI=1S/C23H18O5.CH3Br/c24-14-17(16-8-2-1-3-9-16)15-27-22(25)28-23(26)20-12-6-4-10-18(20)19-11-5-7-13-21(19)23;1-2/h1-14,24,26H,15H2;1H3. The fraction of sp³-hybridized carbons (Fsp3) is 0.125. The van der Waals surface area contributed by atoms with Crippen molar-refractivity contribution in [2.45, 2.75) is 5.79 Å². The Morgan fingerprint density at radius 1 is 0.900 bits per heavy atom. The maximum absolute atomic E-state index is 12.4. The van der Waals surface area contributed by atoms with E-state index in [4.69, 9.17) is 9.47 Å². The van der Waals surface area contributed by atoms with Crippen molar-refractivity contribution < 1.29 is 24.5 Å². The molecule has 6 heteroatoms. The average molecular weight is 469 g/mol. The van der Waals surface area contributed by atoms with Gasteiger partial charge in [0.1, 0.15) is 6.61 Å². The number of halogens is 1.